The lowest BCUT2D eigenvalue weighted by molar-refractivity contribution is 0.0949. The number of hydrogen-bond donors (Lipinski definition) is 1. The van der Waals surface area contributed by atoms with E-state index in [2.05, 4.69) is 24.3 Å². The van der Waals surface area contributed by atoms with E-state index in [1.807, 2.05) is 30.7 Å². The molecule has 126 valence electrons. The number of nitrogens with one attached hydrogen (secondary N) is 1. The average molecular weight is 326 g/mol. The molecule has 0 aromatic carbocycles. The zero-order chi connectivity index (χ0) is 17.3. The Bertz CT molecular complexity index is 847. The van der Waals surface area contributed by atoms with Crippen LogP contribution in [0, 0.1) is 0 Å². The highest BCUT2D eigenvalue weighted by molar-refractivity contribution is 6.05. The number of pyridine rings is 1. The molecule has 0 aliphatic rings. The van der Waals surface area contributed by atoms with Crippen molar-refractivity contribution in [2.45, 2.75) is 46.2 Å². The molecule has 0 aliphatic heterocycles. The van der Waals surface area contributed by atoms with Crippen LogP contribution in [0.4, 0.5) is 0 Å². The predicted octanol–water partition coefficient (Wildman–Crippen LogP) is 3.66. The molecule has 0 atom stereocenters. The summed E-state index contributed by atoms with van der Waals surface area (Å²) >= 11 is 0. The van der Waals surface area contributed by atoms with E-state index in [1.165, 1.54) is 0 Å². The highest BCUT2D eigenvalue weighted by atomic mass is 16.3. The van der Waals surface area contributed by atoms with Crippen molar-refractivity contribution < 1.29 is 9.21 Å². The first-order chi connectivity index (χ1) is 11.5. The van der Waals surface area contributed by atoms with Gasteiger partial charge in [0, 0.05) is 11.7 Å². The van der Waals surface area contributed by atoms with Crippen LogP contribution >= 0.6 is 0 Å². The van der Waals surface area contributed by atoms with E-state index >= 15 is 0 Å². The minimum atomic E-state index is -0.149. The van der Waals surface area contributed by atoms with Gasteiger partial charge in [0.25, 0.3) is 5.91 Å². The van der Waals surface area contributed by atoms with Crippen LogP contribution in [0.15, 0.2) is 35.1 Å². The summed E-state index contributed by atoms with van der Waals surface area (Å²) in [6, 6.07) is 5.67. The molecule has 0 unspecified atom stereocenters. The van der Waals surface area contributed by atoms with Gasteiger partial charge in [-0.1, -0.05) is 13.8 Å². The molecular formula is C18H22N4O2. The number of fused-ring (bicyclic) bond motifs is 1. The maximum atomic E-state index is 12.7. The van der Waals surface area contributed by atoms with Crippen LogP contribution in [0.1, 0.15) is 61.5 Å². The molecule has 0 saturated heterocycles. The van der Waals surface area contributed by atoms with Crippen LogP contribution in [-0.2, 0) is 6.54 Å². The monoisotopic (exact) mass is 326 g/mol. The molecule has 0 saturated carbocycles. The van der Waals surface area contributed by atoms with Crippen LogP contribution < -0.4 is 5.32 Å². The first kappa shape index (κ1) is 16.2. The maximum Gasteiger partial charge on any atom is 0.252 e. The fourth-order valence-corrected chi connectivity index (χ4v) is 2.57. The summed E-state index contributed by atoms with van der Waals surface area (Å²) in [6.45, 7) is 8.58. The molecule has 6 heteroatoms. The van der Waals surface area contributed by atoms with Crippen LogP contribution in [0.25, 0.3) is 11.0 Å². The van der Waals surface area contributed by atoms with Crippen LogP contribution in [0.3, 0.4) is 0 Å². The molecule has 6 nitrogen and oxygen atoms in total. The number of amides is 1. The van der Waals surface area contributed by atoms with Crippen molar-refractivity contribution in [3.63, 3.8) is 0 Å². The van der Waals surface area contributed by atoms with E-state index < -0.39 is 0 Å². The third kappa shape index (κ3) is 3.04. The molecule has 3 heterocycles. The molecule has 0 aliphatic carbocycles. The van der Waals surface area contributed by atoms with E-state index in [4.69, 9.17) is 9.40 Å². The van der Waals surface area contributed by atoms with Gasteiger partial charge in [-0.05, 0) is 38.0 Å². The Balaban J connectivity index is 2.00. The number of rotatable bonds is 5. The van der Waals surface area contributed by atoms with Crippen molar-refractivity contribution >= 4 is 16.9 Å². The van der Waals surface area contributed by atoms with E-state index in [-0.39, 0.29) is 17.9 Å². The average Bonchev–Trinajstić information content (AvgIpc) is 3.20. The van der Waals surface area contributed by atoms with Crippen molar-refractivity contribution in [1.29, 1.82) is 0 Å². The highest BCUT2D eigenvalue weighted by Gasteiger charge is 2.18. The molecule has 0 radical (unpaired) electrons. The lowest BCUT2D eigenvalue weighted by atomic mass is 10.0. The number of nitrogens with zero attached hydrogens (tertiary/aromatic N) is 3. The zero-order valence-corrected chi connectivity index (χ0v) is 14.4. The SMILES string of the molecule is CC(C)c1cc(C(=O)NCc2ccco2)c2cnn(C(C)C)c2n1. The molecular weight excluding hydrogens is 304 g/mol. The third-order valence-corrected chi connectivity index (χ3v) is 3.92. The van der Waals surface area contributed by atoms with Gasteiger partial charge in [-0.15, -0.1) is 0 Å². The number of hydrogen-bond acceptors (Lipinski definition) is 4. The van der Waals surface area contributed by atoms with Gasteiger partial charge < -0.3 is 9.73 Å². The van der Waals surface area contributed by atoms with E-state index in [9.17, 15) is 4.79 Å². The summed E-state index contributed by atoms with van der Waals surface area (Å²) < 4.78 is 7.11. The van der Waals surface area contributed by atoms with Gasteiger partial charge >= 0.3 is 0 Å². The zero-order valence-electron chi connectivity index (χ0n) is 14.4. The van der Waals surface area contributed by atoms with Gasteiger partial charge in [0.1, 0.15) is 5.76 Å². The van der Waals surface area contributed by atoms with Gasteiger partial charge in [-0.2, -0.15) is 5.10 Å². The normalized spacial score (nSPS) is 11.6. The van der Waals surface area contributed by atoms with Crippen molar-refractivity contribution in [1.82, 2.24) is 20.1 Å². The molecule has 3 rings (SSSR count). The Labute approximate surface area is 140 Å². The largest absolute Gasteiger partial charge is 0.467 e. The maximum absolute atomic E-state index is 12.7. The fraction of sp³-hybridized carbons (Fsp3) is 0.389. The number of aromatic nitrogens is 3. The van der Waals surface area contributed by atoms with Gasteiger partial charge in [0.2, 0.25) is 0 Å². The van der Waals surface area contributed by atoms with Crippen molar-refractivity contribution in [2.75, 3.05) is 0 Å². The minimum absolute atomic E-state index is 0.149. The number of carbonyl (C=O) groups is 1. The van der Waals surface area contributed by atoms with Gasteiger partial charge in [0.15, 0.2) is 5.65 Å². The quantitative estimate of drug-likeness (QED) is 0.776. The van der Waals surface area contributed by atoms with Crippen molar-refractivity contribution in [2.24, 2.45) is 0 Å². The molecule has 1 amide bonds. The van der Waals surface area contributed by atoms with Crippen LogP contribution in [0.2, 0.25) is 0 Å². The second-order valence-electron chi connectivity index (χ2n) is 6.43. The van der Waals surface area contributed by atoms with Crippen molar-refractivity contribution in [3.8, 4) is 0 Å². The molecule has 0 bridgehead atoms. The Hall–Kier alpha value is -2.63. The Morgan fingerprint density at radius 3 is 2.75 bits per heavy atom. The van der Waals surface area contributed by atoms with E-state index in [0.29, 0.717) is 12.1 Å². The van der Waals surface area contributed by atoms with E-state index in [0.717, 1.165) is 22.5 Å². The molecule has 0 spiro atoms. The molecule has 1 N–H and O–H groups in total. The Morgan fingerprint density at radius 1 is 1.33 bits per heavy atom. The van der Waals surface area contributed by atoms with Crippen LogP contribution in [0.5, 0.6) is 0 Å². The third-order valence-electron chi connectivity index (χ3n) is 3.92. The summed E-state index contributed by atoms with van der Waals surface area (Å²) in [6.07, 6.45) is 3.31. The smallest absolute Gasteiger partial charge is 0.252 e. The molecule has 0 fully saturated rings. The first-order valence-corrected chi connectivity index (χ1v) is 8.16. The van der Waals surface area contributed by atoms with Gasteiger partial charge in [0.05, 0.1) is 30.0 Å². The number of furan rings is 1. The summed E-state index contributed by atoms with van der Waals surface area (Å²) in [5, 5.41) is 8.07. The number of carbonyl (C=O) groups excluding carboxylic acids is 1. The fourth-order valence-electron chi connectivity index (χ4n) is 2.57. The lowest BCUT2D eigenvalue weighted by Crippen LogP contribution is -2.23. The second kappa shape index (κ2) is 6.47. The topological polar surface area (TPSA) is 73.0 Å². The van der Waals surface area contributed by atoms with E-state index in [1.54, 1.807) is 18.5 Å². The summed E-state index contributed by atoms with van der Waals surface area (Å²) in [5.41, 5.74) is 2.23. The van der Waals surface area contributed by atoms with Gasteiger partial charge in [-0.3, -0.25) is 4.79 Å². The Kier molecular flexibility index (Phi) is 4.38. The Morgan fingerprint density at radius 2 is 2.12 bits per heavy atom. The summed E-state index contributed by atoms with van der Waals surface area (Å²) in [5.74, 6) is 0.793. The lowest BCUT2D eigenvalue weighted by Gasteiger charge is -2.12. The second-order valence-corrected chi connectivity index (χ2v) is 6.43. The summed E-state index contributed by atoms with van der Waals surface area (Å²) in [7, 11) is 0. The molecule has 3 aromatic heterocycles. The first-order valence-electron chi connectivity index (χ1n) is 8.16. The minimum Gasteiger partial charge on any atom is -0.467 e. The highest BCUT2D eigenvalue weighted by Crippen LogP contribution is 2.24. The predicted molar refractivity (Wildman–Crippen MR) is 91.9 cm³/mol. The van der Waals surface area contributed by atoms with Crippen molar-refractivity contribution in [3.05, 3.63) is 47.7 Å². The van der Waals surface area contributed by atoms with Crippen LogP contribution in [-0.4, -0.2) is 20.7 Å². The summed E-state index contributed by atoms with van der Waals surface area (Å²) in [4.78, 5) is 17.4. The molecule has 24 heavy (non-hydrogen) atoms. The van der Waals surface area contributed by atoms with Gasteiger partial charge in [-0.25, -0.2) is 9.67 Å². The standard InChI is InChI=1S/C18H22N4O2/c1-11(2)16-8-14(18(23)19-9-13-6-5-7-24-13)15-10-20-22(12(3)4)17(15)21-16/h5-8,10-12H,9H2,1-4H3,(H,19,23). The molecule has 3 aromatic rings.